The van der Waals surface area contributed by atoms with Crippen LogP contribution in [0.1, 0.15) is 16.7 Å². The zero-order valence-corrected chi connectivity index (χ0v) is 18.9. The lowest BCUT2D eigenvalue weighted by Gasteiger charge is -2.22. The Morgan fingerprint density at radius 1 is 1.10 bits per heavy atom. The van der Waals surface area contributed by atoms with Crippen LogP contribution in [-0.2, 0) is 6.42 Å². The highest BCUT2D eigenvalue weighted by molar-refractivity contribution is 9.10. The molecule has 0 aliphatic carbocycles. The second-order valence-corrected chi connectivity index (χ2v) is 8.14. The molecule has 2 aliphatic heterocycles. The lowest BCUT2D eigenvalue weighted by molar-refractivity contribution is 0.170. The molecule has 0 saturated carbocycles. The molecule has 2 aromatic carbocycles. The van der Waals surface area contributed by atoms with E-state index >= 15 is 0 Å². The van der Waals surface area contributed by atoms with Crippen molar-refractivity contribution in [1.82, 2.24) is 4.90 Å². The fourth-order valence-corrected chi connectivity index (χ4v) is 4.84. The quantitative estimate of drug-likeness (QED) is 0.512. The second-order valence-electron chi connectivity index (χ2n) is 7.35. The summed E-state index contributed by atoms with van der Waals surface area (Å²) < 4.78 is 28.8. The summed E-state index contributed by atoms with van der Waals surface area (Å²) in [6.07, 6.45) is 2.78. The molecule has 0 unspecified atom stereocenters. The summed E-state index contributed by atoms with van der Waals surface area (Å²) in [6.45, 7) is 0.875. The first-order valence-corrected chi connectivity index (χ1v) is 10.5. The fourth-order valence-electron chi connectivity index (χ4n) is 4.14. The van der Waals surface area contributed by atoms with Gasteiger partial charge in [0.05, 0.1) is 18.7 Å². The molecule has 1 aromatic heterocycles. The molecule has 0 atom stereocenters. The van der Waals surface area contributed by atoms with E-state index in [2.05, 4.69) is 20.8 Å². The molecule has 0 amide bonds. The van der Waals surface area contributed by atoms with E-state index in [-0.39, 0.29) is 6.79 Å². The number of hydrogen-bond donors (Lipinski definition) is 0. The minimum atomic E-state index is -0.412. The summed E-state index contributed by atoms with van der Waals surface area (Å²) in [7, 11) is 5.22. The molecule has 31 heavy (non-hydrogen) atoms. The maximum Gasteiger partial charge on any atom is 0.336 e. The van der Waals surface area contributed by atoms with Crippen molar-refractivity contribution in [1.29, 1.82) is 0 Å². The first kappa shape index (κ1) is 19.8. The SMILES string of the molecule is COc1ccc2oc(=O)cc(C3=Cc4c(c(Br)c5c(c4OC)OCO5)CCN3C)c2c1. The van der Waals surface area contributed by atoms with Gasteiger partial charge in [0, 0.05) is 41.9 Å². The van der Waals surface area contributed by atoms with Crippen molar-refractivity contribution in [3.05, 3.63) is 55.8 Å². The first-order chi connectivity index (χ1) is 15.0. The average molecular weight is 486 g/mol. The molecule has 0 radical (unpaired) electrons. The Kier molecular flexibility index (Phi) is 4.81. The van der Waals surface area contributed by atoms with Crippen molar-refractivity contribution in [2.24, 2.45) is 0 Å². The normalized spacial score (nSPS) is 14.8. The van der Waals surface area contributed by atoms with Gasteiger partial charge in [0.1, 0.15) is 11.3 Å². The van der Waals surface area contributed by atoms with Gasteiger partial charge in [-0.1, -0.05) is 0 Å². The number of ether oxygens (including phenoxy) is 4. The van der Waals surface area contributed by atoms with Gasteiger partial charge < -0.3 is 28.3 Å². The molecule has 0 fully saturated rings. The molecule has 5 rings (SSSR count). The van der Waals surface area contributed by atoms with Crippen LogP contribution >= 0.6 is 15.9 Å². The van der Waals surface area contributed by atoms with Crippen molar-refractivity contribution in [2.45, 2.75) is 6.42 Å². The molecule has 0 spiro atoms. The number of methoxy groups -OCH3 is 2. The molecule has 160 valence electrons. The van der Waals surface area contributed by atoms with Crippen LogP contribution < -0.4 is 24.6 Å². The molecule has 3 aromatic rings. The molecule has 7 nitrogen and oxygen atoms in total. The Balaban J connectivity index is 1.81. The van der Waals surface area contributed by atoms with Gasteiger partial charge in [0.2, 0.25) is 12.5 Å². The largest absolute Gasteiger partial charge is 0.497 e. The van der Waals surface area contributed by atoms with Crippen molar-refractivity contribution >= 4 is 38.7 Å². The molecule has 2 aliphatic rings. The number of hydrogen-bond acceptors (Lipinski definition) is 7. The third-order valence-corrected chi connectivity index (χ3v) is 6.51. The van der Waals surface area contributed by atoms with Gasteiger partial charge in [-0.25, -0.2) is 4.79 Å². The highest BCUT2D eigenvalue weighted by Gasteiger charge is 2.31. The number of nitrogens with zero attached hydrogens (tertiary/aromatic N) is 1. The fraction of sp³-hybridized carbons (Fsp3) is 0.261. The van der Waals surface area contributed by atoms with E-state index in [1.807, 2.05) is 19.2 Å². The Bertz CT molecular complexity index is 1300. The summed E-state index contributed by atoms with van der Waals surface area (Å²) in [5, 5.41) is 0.791. The Morgan fingerprint density at radius 3 is 2.68 bits per heavy atom. The highest BCUT2D eigenvalue weighted by Crippen LogP contribution is 2.52. The predicted molar refractivity (Wildman–Crippen MR) is 120 cm³/mol. The summed E-state index contributed by atoms with van der Waals surface area (Å²) in [5.74, 6) is 2.53. The van der Waals surface area contributed by atoms with Crippen molar-refractivity contribution in [2.75, 3.05) is 34.6 Å². The lowest BCUT2D eigenvalue weighted by Crippen LogP contribution is -2.19. The molecule has 0 saturated heterocycles. The van der Waals surface area contributed by atoms with Crippen LogP contribution in [0.5, 0.6) is 23.0 Å². The third kappa shape index (κ3) is 3.13. The first-order valence-electron chi connectivity index (χ1n) is 9.75. The van der Waals surface area contributed by atoms with Crippen LogP contribution in [-0.4, -0.2) is 39.5 Å². The standard InChI is InChI=1S/C23H20BrNO6/c1-25-7-6-13-16(21(28-3)23-22(20(13)24)29-11-30-23)9-17(25)14-10-19(26)31-18-5-4-12(27-2)8-15(14)18/h4-5,8-10H,6-7,11H2,1-3H3. The van der Waals surface area contributed by atoms with Crippen LogP contribution in [0.3, 0.4) is 0 Å². The Hall–Kier alpha value is -3.13. The monoisotopic (exact) mass is 485 g/mol. The third-order valence-electron chi connectivity index (χ3n) is 5.67. The maximum absolute atomic E-state index is 12.4. The molecule has 8 heteroatoms. The van der Waals surface area contributed by atoms with Gasteiger partial charge >= 0.3 is 5.63 Å². The van der Waals surface area contributed by atoms with Gasteiger partial charge in [-0.3, -0.25) is 0 Å². The van der Waals surface area contributed by atoms with E-state index in [9.17, 15) is 4.79 Å². The predicted octanol–water partition coefficient (Wildman–Crippen LogP) is 4.29. The topological polar surface area (TPSA) is 70.4 Å². The Morgan fingerprint density at radius 2 is 1.90 bits per heavy atom. The minimum Gasteiger partial charge on any atom is -0.497 e. The molecular formula is C23H20BrNO6. The minimum absolute atomic E-state index is 0.147. The van der Waals surface area contributed by atoms with Gasteiger partial charge in [0.15, 0.2) is 11.5 Å². The molecular weight excluding hydrogens is 466 g/mol. The van der Waals surface area contributed by atoms with Crippen molar-refractivity contribution in [3.8, 4) is 23.0 Å². The van der Waals surface area contributed by atoms with Crippen LogP contribution in [0.15, 0.2) is 37.9 Å². The van der Waals surface area contributed by atoms with E-state index in [4.69, 9.17) is 23.4 Å². The van der Waals surface area contributed by atoms with Gasteiger partial charge in [0.25, 0.3) is 0 Å². The number of fused-ring (bicyclic) bond motifs is 3. The lowest BCUT2D eigenvalue weighted by atomic mass is 10.00. The molecule has 0 bridgehead atoms. The summed E-state index contributed by atoms with van der Waals surface area (Å²) in [6, 6.07) is 6.92. The number of benzene rings is 2. The Labute approximate surface area is 186 Å². The van der Waals surface area contributed by atoms with E-state index < -0.39 is 5.63 Å². The zero-order chi connectivity index (χ0) is 21.7. The van der Waals surface area contributed by atoms with Crippen LogP contribution in [0.2, 0.25) is 0 Å². The van der Waals surface area contributed by atoms with Crippen LogP contribution in [0.4, 0.5) is 0 Å². The van der Waals surface area contributed by atoms with Crippen molar-refractivity contribution in [3.63, 3.8) is 0 Å². The van der Waals surface area contributed by atoms with E-state index in [0.29, 0.717) is 28.6 Å². The second kappa shape index (κ2) is 7.53. The van der Waals surface area contributed by atoms with E-state index in [1.54, 1.807) is 26.4 Å². The van der Waals surface area contributed by atoms with Gasteiger partial charge in [-0.05, 0) is 52.2 Å². The van der Waals surface area contributed by atoms with Gasteiger partial charge in [-0.15, -0.1) is 0 Å². The number of rotatable bonds is 3. The highest BCUT2D eigenvalue weighted by atomic mass is 79.9. The summed E-state index contributed by atoms with van der Waals surface area (Å²) in [4.78, 5) is 14.5. The zero-order valence-electron chi connectivity index (χ0n) is 17.3. The van der Waals surface area contributed by atoms with Crippen molar-refractivity contribution < 1.29 is 23.4 Å². The van der Waals surface area contributed by atoms with E-state index in [1.165, 1.54) is 6.07 Å². The molecule has 3 heterocycles. The summed E-state index contributed by atoms with van der Waals surface area (Å²) >= 11 is 3.69. The smallest absolute Gasteiger partial charge is 0.336 e. The number of halogens is 1. The maximum atomic E-state index is 12.4. The van der Waals surface area contributed by atoms with Crippen LogP contribution in [0, 0.1) is 0 Å². The number of likely N-dealkylation sites (N-methyl/N-ethyl adjacent to an activating group) is 1. The summed E-state index contributed by atoms with van der Waals surface area (Å²) in [5.41, 5.74) is 3.67. The average Bonchev–Trinajstić information content (AvgIpc) is 3.19. The van der Waals surface area contributed by atoms with Crippen LogP contribution in [0.25, 0.3) is 22.7 Å². The molecule has 0 N–H and O–H groups in total. The van der Waals surface area contributed by atoms with E-state index in [0.717, 1.165) is 45.2 Å². The van der Waals surface area contributed by atoms with Gasteiger partial charge in [-0.2, -0.15) is 0 Å².